The van der Waals surface area contributed by atoms with Crippen LogP contribution in [0.1, 0.15) is 42.8 Å². The molecule has 1 N–H and O–H groups in total. The molecule has 140 valence electrons. The summed E-state index contributed by atoms with van der Waals surface area (Å²) in [5.74, 6) is 1.22. The van der Waals surface area contributed by atoms with Gasteiger partial charge in [0.2, 0.25) is 5.91 Å². The van der Waals surface area contributed by atoms with Crippen molar-refractivity contribution < 1.29 is 14.3 Å². The van der Waals surface area contributed by atoms with Gasteiger partial charge in [-0.25, -0.2) is 4.98 Å². The van der Waals surface area contributed by atoms with E-state index in [9.17, 15) is 4.79 Å². The van der Waals surface area contributed by atoms with Crippen LogP contribution >= 0.6 is 11.3 Å². The first-order valence-corrected chi connectivity index (χ1v) is 9.67. The van der Waals surface area contributed by atoms with Crippen molar-refractivity contribution in [1.29, 1.82) is 0 Å². The molecular weight excluding hydrogens is 348 g/mol. The number of aromatic nitrogens is 1. The Morgan fingerprint density at radius 2 is 2.04 bits per heavy atom. The number of hydrogen-bond acceptors (Lipinski definition) is 5. The summed E-state index contributed by atoms with van der Waals surface area (Å²) in [7, 11) is 0. The largest absolute Gasteiger partial charge is 0.490 e. The first-order valence-electron chi connectivity index (χ1n) is 8.86. The highest BCUT2D eigenvalue weighted by Gasteiger charge is 2.07. The molecule has 0 aliphatic rings. The Morgan fingerprint density at radius 1 is 1.23 bits per heavy atom. The fraction of sp³-hybridized carbons (Fsp3) is 0.400. The number of thiazole rings is 1. The Balaban J connectivity index is 2.03. The van der Waals surface area contributed by atoms with Crippen molar-refractivity contribution in [2.24, 2.45) is 0 Å². The highest BCUT2D eigenvalue weighted by molar-refractivity contribution is 7.15. The Kier molecular flexibility index (Phi) is 7.66. The van der Waals surface area contributed by atoms with Gasteiger partial charge in [0, 0.05) is 11.0 Å². The van der Waals surface area contributed by atoms with Crippen molar-refractivity contribution in [2.45, 2.75) is 40.5 Å². The van der Waals surface area contributed by atoms with Crippen LogP contribution in [0.4, 0.5) is 5.13 Å². The van der Waals surface area contributed by atoms with E-state index in [-0.39, 0.29) is 5.91 Å². The van der Waals surface area contributed by atoms with Crippen LogP contribution in [0.2, 0.25) is 0 Å². The van der Waals surface area contributed by atoms with Crippen LogP contribution in [-0.2, 0) is 4.79 Å². The van der Waals surface area contributed by atoms with E-state index in [0.717, 1.165) is 34.7 Å². The molecule has 1 aromatic carbocycles. The van der Waals surface area contributed by atoms with E-state index >= 15 is 0 Å². The summed E-state index contributed by atoms with van der Waals surface area (Å²) in [6.45, 7) is 9.19. The van der Waals surface area contributed by atoms with E-state index in [1.165, 1.54) is 17.4 Å². The number of carbonyl (C=O) groups is 1. The molecule has 5 nitrogen and oxygen atoms in total. The van der Waals surface area contributed by atoms with Gasteiger partial charge >= 0.3 is 0 Å². The number of amides is 1. The monoisotopic (exact) mass is 374 g/mol. The lowest BCUT2D eigenvalue weighted by molar-refractivity contribution is -0.111. The molecule has 0 saturated heterocycles. The summed E-state index contributed by atoms with van der Waals surface area (Å²) in [6, 6.07) is 5.67. The van der Waals surface area contributed by atoms with E-state index < -0.39 is 0 Å². The van der Waals surface area contributed by atoms with E-state index in [2.05, 4.69) is 17.2 Å². The molecule has 2 aromatic rings. The fourth-order valence-electron chi connectivity index (χ4n) is 2.19. The van der Waals surface area contributed by atoms with Crippen molar-refractivity contribution in [1.82, 2.24) is 4.98 Å². The summed E-state index contributed by atoms with van der Waals surface area (Å²) in [5, 5.41) is 3.40. The first-order chi connectivity index (χ1) is 12.5. The van der Waals surface area contributed by atoms with Crippen molar-refractivity contribution in [3.8, 4) is 11.5 Å². The minimum atomic E-state index is -0.208. The van der Waals surface area contributed by atoms with Gasteiger partial charge in [-0.1, -0.05) is 19.4 Å². The average molecular weight is 375 g/mol. The molecule has 26 heavy (non-hydrogen) atoms. The number of aryl methyl sites for hydroxylation is 2. The van der Waals surface area contributed by atoms with Crippen LogP contribution < -0.4 is 14.8 Å². The first kappa shape index (κ1) is 20.0. The minimum absolute atomic E-state index is 0.208. The van der Waals surface area contributed by atoms with E-state index in [1.54, 1.807) is 6.08 Å². The lowest BCUT2D eigenvalue weighted by Gasteiger charge is -2.12. The number of rotatable bonds is 9. The molecule has 0 radical (unpaired) electrons. The zero-order valence-electron chi connectivity index (χ0n) is 15.8. The number of nitrogens with one attached hydrogen (secondary N) is 1. The highest BCUT2D eigenvalue weighted by atomic mass is 32.1. The summed E-state index contributed by atoms with van der Waals surface area (Å²) in [5.41, 5.74) is 1.81. The molecule has 0 unspecified atom stereocenters. The topological polar surface area (TPSA) is 60.5 Å². The molecule has 0 aliphatic heterocycles. The summed E-state index contributed by atoms with van der Waals surface area (Å²) < 4.78 is 11.4. The number of anilines is 1. The molecule has 1 amide bonds. The van der Waals surface area contributed by atoms with E-state index in [1.807, 2.05) is 39.0 Å². The van der Waals surface area contributed by atoms with Crippen LogP contribution in [0.25, 0.3) is 6.08 Å². The van der Waals surface area contributed by atoms with Crippen LogP contribution in [0.5, 0.6) is 11.5 Å². The lowest BCUT2D eigenvalue weighted by Crippen LogP contribution is -2.07. The van der Waals surface area contributed by atoms with Crippen LogP contribution in [0.15, 0.2) is 24.3 Å². The average Bonchev–Trinajstić information content (AvgIpc) is 2.92. The third kappa shape index (κ3) is 5.88. The smallest absolute Gasteiger partial charge is 0.250 e. The normalized spacial score (nSPS) is 10.9. The number of carbonyl (C=O) groups excluding carboxylic acids is 1. The van der Waals surface area contributed by atoms with Gasteiger partial charge < -0.3 is 9.47 Å². The second kappa shape index (κ2) is 9.97. The van der Waals surface area contributed by atoms with Crippen molar-refractivity contribution >= 4 is 28.5 Å². The van der Waals surface area contributed by atoms with E-state index in [4.69, 9.17) is 9.47 Å². The lowest BCUT2D eigenvalue weighted by atomic mass is 10.2. The standard InChI is InChI=1S/C20H26N2O3S/c1-5-7-12-25-17-10-8-16(13-18(17)24-6-2)9-11-19(23)22-20-21-14(3)15(4)26-20/h8-11,13H,5-7,12H2,1-4H3,(H,21,22,23)/b11-9+. The number of nitrogens with zero attached hydrogens (tertiary/aromatic N) is 1. The van der Waals surface area contributed by atoms with Crippen LogP contribution in [0.3, 0.4) is 0 Å². The van der Waals surface area contributed by atoms with Crippen molar-refractivity contribution in [3.63, 3.8) is 0 Å². The number of ether oxygens (including phenoxy) is 2. The van der Waals surface area contributed by atoms with Gasteiger partial charge in [0.1, 0.15) is 0 Å². The molecular formula is C20H26N2O3S. The Hall–Kier alpha value is -2.34. The van der Waals surface area contributed by atoms with Gasteiger partial charge in [0.15, 0.2) is 16.6 Å². The van der Waals surface area contributed by atoms with Crippen molar-refractivity contribution in [2.75, 3.05) is 18.5 Å². The summed E-state index contributed by atoms with van der Waals surface area (Å²) in [6.07, 6.45) is 5.33. The van der Waals surface area contributed by atoms with E-state index in [0.29, 0.717) is 24.1 Å². The van der Waals surface area contributed by atoms with Gasteiger partial charge in [-0.15, -0.1) is 11.3 Å². The zero-order chi connectivity index (χ0) is 18.9. The maximum atomic E-state index is 12.1. The van der Waals surface area contributed by atoms with Crippen LogP contribution in [-0.4, -0.2) is 24.1 Å². The van der Waals surface area contributed by atoms with Gasteiger partial charge in [-0.3, -0.25) is 10.1 Å². The molecule has 0 atom stereocenters. The van der Waals surface area contributed by atoms with Crippen molar-refractivity contribution in [3.05, 3.63) is 40.4 Å². The molecule has 0 spiro atoms. The Morgan fingerprint density at radius 3 is 2.69 bits per heavy atom. The molecule has 2 rings (SSSR count). The van der Waals surface area contributed by atoms with Gasteiger partial charge in [0.25, 0.3) is 0 Å². The molecule has 6 heteroatoms. The predicted molar refractivity (Wildman–Crippen MR) is 107 cm³/mol. The maximum absolute atomic E-state index is 12.1. The maximum Gasteiger partial charge on any atom is 0.250 e. The highest BCUT2D eigenvalue weighted by Crippen LogP contribution is 2.29. The second-order valence-electron chi connectivity index (χ2n) is 5.82. The molecule has 1 heterocycles. The van der Waals surface area contributed by atoms with Crippen LogP contribution in [0, 0.1) is 13.8 Å². The minimum Gasteiger partial charge on any atom is -0.490 e. The number of benzene rings is 1. The van der Waals surface area contributed by atoms with Gasteiger partial charge in [-0.05, 0) is 51.0 Å². The molecule has 0 fully saturated rings. The molecule has 0 bridgehead atoms. The second-order valence-corrected chi connectivity index (χ2v) is 7.03. The summed E-state index contributed by atoms with van der Waals surface area (Å²) >= 11 is 1.47. The number of unbranched alkanes of at least 4 members (excludes halogenated alkanes) is 1. The Labute approximate surface area is 159 Å². The Bertz CT molecular complexity index is 749. The number of hydrogen-bond donors (Lipinski definition) is 1. The molecule has 0 saturated carbocycles. The molecule has 0 aliphatic carbocycles. The predicted octanol–water partition coefficient (Wildman–Crippen LogP) is 4.99. The summed E-state index contributed by atoms with van der Waals surface area (Å²) in [4.78, 5) is 17.5. The van der Waals surface area contributed by atoms with Gasteiger partial charge in [-0.2, -0.15) is 0 Å². The SMILES string of the molecule is CCCCOc1ccc(/C=C/C(=O)Nc2nc(C)c(C)s2)cc1OCC. The molecule has 1 aromatic heterocycles. The fourth-order valence-corrected chi connectivity index (χ4v) is 3.01. The zero-order valence-corrected chi connectivity index (χ0v) is 16.6. The van der Waals surface area contributed by atoms with Gasteiger partial charge in [0.05, 0.1) is 18.9 Å². The third-order valence-electron chi connectivity index (χ3n) is 3.71. The quantitative estimate of drug-likeness (QED) is 0.496. The third-order valence-corrected chi connectivity index (χ3v) is 4.70.